The molecule has 0 spiro atoms. The van der Waals surface area contributed by atoms with Gasteiger partial charge in [-0.1, -0.05) is 11.6 Å². The number of halogens is 4. The lowest BCUT2D eigenvalue weighted by atomic mass is 10.1. The van der Waals surface area contributed by atoms with Crippen molar-refractivity contribution >= 4 is 27.5 Å². The quantitative estimate of drug-likeness (QED) is 0.612. The summed E-state index contributed by atoms with van der Waals surface area (Å²) in [6, 6.07) is 6.69. The molecular formula is C20H16ClF3N4O3S. The van der Waals surface area contributed by atoms with Crippen molar-refractivity contribution in [2.75, 3.05) is 6.54 Å². The summed E-state index contributed by atoms with van der Waals surface area (Å²) in [5, 5.41) is 0.0919. The second-order valence-electron chi connectivity index (χ2n) is 7.10. The molecule has 0 saturated carbocycles. The molecule has 0 unspecified atom stereocenters. The van der Waals surface area contributed by atoms with Crippen molar-refractivity contribution in [3.63, 3.8) is 0 Å². The Bertz CT molecular complexity index is 1290. The maximum atomic E-state index is 13.1. The van der Waals surface area contributed by atoms with Crippen LogP contribution in [0, 0.1) is 0 Å². The molecule has 4 rings (SSSR count). The highest BCUT2D eigenvalue weighted by atomic mass is 35.5. The van der Waals surface area contributed by atoms with E-state index in [0.29, 0.717) is 29.1 Å². The van der Waals surface area contributed by atoms with Crippen LogP contribution in [0.15, 0.2) is 53.7 Å². The van der Waals surface area contributed by atoms with E-state index in [1.165, 1.54) is 0 Å². The van der Waals surface area contributed by atoms with Gasteiger partial charge >= 0.3 is 6.18 Å². The first-order chi connectivity index (χ1) is 15.0. The molecule has 7 nitrogen and oxygen atoms in total. The highest BCUT2D eigenvalue weighted by Gasteiger charge is 2.36. The van der Waals surface area contributed by atoms with Gasteiger partial charge in [0.15, 0.2) is 0 Å². The van der Waals surface area contributed by atoms with Gasteiger partial charge in [-0.05, 0) is 36.4 Å². The highest BCUT2D eigenvalue weighted by Crippen LogP contribution is 2.38. The van der Waals surface area contributed by atoms with Gasteiger partial charge in [-0.2, -0.15) is 17.5 Å². The van der Waals surface area contributed by atoms with Crippen LogP contribution in [0.5, 0.6) is 0 Å². The lowest BCUT2D eigenvalue weighted by Gasteiger charge is -2.29. The molecule has 1 aliphatic rings. The molecule has 32 heavy (non-hydrogen) atoms. The number of alkyl halides is 3. The second-order valence-corrected chi connectivity index (χ2v) is 9.42. The van der Waals surface area contributed by atoms with Crippen LogP contribution in [0.3, 0.4) is 0 Å². The van der Waals surface area contributed by atoms with Gasteiger partial charge in [0.1, 0.15) is 0 Å². The molecule has 0 saturated heterocycles. The number of rotatable bonds is 4. The fraction of sp³-hybridized carbons (Fsp3) is 0.200. The van der Waals surface area contributed by atoms with E-state index in [4.69, 9.17) is 17.3 Å². The molecule has 1 aromatic carbocycles. The fourth-order valence-corrected chi connectivity index (χ4v) is 5.51. The van der Waals surface area contributed by atoms with Crippen molar-refractivity contribution in [1.29, 1.82) is 0 Å². The van der Waals surface area contributed by atoms with E-state index in [2.05, 4.69) is 4.98 Å². The summed E-state index contributed by atoms with van der Waals surface area (Å²) in [5.74, 6) is -0.817. The van der Waals surface area contributed by atoms with Crippen molar-refractivity contribution in [3.8, 4) is 11.3 Å². The molecule has 3 aromatic rings. The first kappa shape index (κ1) is 22.3. The third-order valence-corrected chi connectivity index (χ3v) is 7.44. The molecule has 168 valence electrons. The Morgan fingerprint density at radius 2 is 1.81 bits per heavy atom. The van der Waals surface area contributed by atoms with Crippen molar-refractivity contribution < 1.29 is 26.4 Å². The van der Waals surface area contributed by atoms with Gasteiger partial charge in [-0.15, -0.1) is 0 Å². The first-order valence-electron chi connectivity index (χ1n) is 9.30. The van der Waals surface area contributed by atoms with E-state index in [-0.39, 0.29) is 35.1 Å². The van der Waals surface area contributed by atoms with Crippen LogP contribution in [0.2, 0.25) is 5.02 Å². The summed E-state index contributed by atoms with van der Waals surface area (Å²) in [5.41, 5.74) is 6.01. The van der Waals surface area contributed by atoms with Gasteiger partial charge in [0, 0.05) is 36.7 Å². The van der Waals surface area contributed by atoms with E-state index < -0.39 is 27.7 Å². The largest absolute Gasteiger partial charge is 0.416 e. The summed E-state index contributed by atoms with van der Waals surface area (Å²) >= 11 is 6.46. The SMILES string of the molecule is NC(=O)c1c(Cl)c(-c2cccnc2)n2c1CN(S(=O)(=O)c1ccc(C(F)(F)F)cc1)CC2. The van der Waals surface area contributed by atoms with Crippen LogP contribution in [-0.2, 0) is 29.3 Å². The molecule has 1 amide bonds. The highest BCUT2D eigenvalue weighted by molar-refractivity contribution is 7.89. The summed E-state index contributed by atoms with van der Waals surface area (Å²) in [4.78, 5) is 15.9. The predicted molar refractivity (Wildman–Crippen MR) is 110 cm³/mol. The molecule has 0 aliphatic carbocycles. The molecule has 12 heteroatoms. The Kier molecular flexibility index (Phi) is 5.51. The minimum atomic E-state index is -4.58. The zero-order valence-corrected chi connectivity index (χ0v) is 17.9. The third-order valence-electron chi connectivity index (χ3n) is 5.21. The monoisotopic (exact) mass is 484 g/mol. The van der Waals surface area contributed by atoms with Gasteiger partial charge in [0.2, 0.25) is 10.0 Å². The molecule has 0 fully saturated rings. The van der Waals surface area contributed by atoms with E-state index >= 15 is 0 Å². The standard InChI is InChI=1S/C20H16ClF3N4O3S/c21-17-16(19(25)29)15-11-27(8-9-28(15)18(17)12-2-1-7-26-10-12)32(30,31)14-5-3-13(4-6-14)20(22,23)24/h1-7,10H,8-9,11H2,(H2,25,29). The smallest absolute Gasteiger partial charge is 0.365 e. The van der Waals surface area contributed by atoms with E-state index in [0.717, 1.165) is 16.4 Å². The Morgan fingerprint density at radius 3 is 2.38 bits per heavy atom. The predicted octanol–water partition coefficient (Wildman–Crippen LogP) is 3.53. The number of amides is 1. The van der Waals surface area contributed by atoms with Gasteiger partial charge < -0.3 is 10.3 Å². The van der Waals surface area contributed by atoms with Gasteiger partial charge in [0.25, 0.3) is 5.91 Å². The van der Waals surface area contributed by atoms with Crippen molar-refractivity contribution in [1.82, 2.24) is 13.9 Å². The minimum Gasteiger partial charge on any atom is -0.365 e. The zero-order valence-electron chi connectivity index (χ0n) is 16.3. The number of pyridine rings is 1. The van der Waals surface area contributed by atoms with Crippen molar-refractivity contribution in [2.24, 2.45) is 5.73 Å². The lowest BCUT2D eigenvalue weighted by molar-refractivity contribution is -0.137. The average molecular weight is 485 g/mol. The van der Waals surface area contributed by atoms with Crippen LogP contribution in [0.1, 0.15) is 21.6 Å². The number of fused-ring (bicyclic) bond motifs is 1. The van der Waals surface area contributed by atoms with E-state index in [1.807, 2.05) is 0 Å². The number of aromatic nitrogens is 2. The Labute approximate surface area is 186 Å². The van der Waals surface area contributed by atoms with Crippen molar-refractivity contribution in [3.05, 3.63) is 70.6 Å². The number of nitrogens with two attached hydrogens (primary N) is 1. The number of hydrogen-bond acceptors (Lipinski definition) is 4. The number of carbonyl (C=O) groups is 1. The summed E-state index contributed by atoms with van der Waals surface area (Å²) in [7, 11) is -4.13. The Hall–Kier alpha value is -2.89. The van der Waals surface area contributed by atoms with Crippen LogP contribution < -0.4 is 5.73 Å². The van der Waals surface area contributed by atoms with Gasteiger partial charge in [-0.3, -0.25) is 9.78 Å². The number of nitrogens with zero attached hydrogens (tertiary/aromatic N) is 3. The first-order valence-corrected chi connectivity index (χ1v) is 11.1. The number of benzene rings is 1. The summed E-state index contributed by atoms with van der Waals surface area (Å²) in [6.45, 7) is -0.0408. The minimum absolute atomic E-state index is 0.00200. The molecule has 2 N–H and O–H groups in total. The number of carbonyl (C=O) groups excluding carboxylic acids is 1. The molecule has 0 radical (unpaired) electrons. The number of sulfonamides is 1. The van der Waals surface area contributed by atoms with Crippen LogP contribution in [-0.4, -0.2) is 34.7 Å². The van der Waals surface area contributed by atoms with Crippen LogP contribution in [0.4, 0.5) is 13.2 Å². The molecule has 1 aliphatic heterocycles. The van der Waals surface area contributed by atoms with Crippen LogP contribution in [0.25, 0.3) is 11.3 Å². The summed E-state index contributed by atoms with van der Waals surface area (Å²) in [6.07, 6.45) is -1.44. The molecule has 2 aromatic heterocycles. The van der Waals surface area contributed by atoms with Gasteiger partial charge in [0.05, 0.1) is 33.3 Å². The van der Waals surface area contributed by atoms with E-state index in [1.54, 1.807) is 29.1 Å². The second kappa shape index (κ2) is 7.91. The maximum Gasteiger partial charge on any atom is 0.416 e. The zero-order chi connectivity index (χ0) is 23.3. The molecular weight excluding hydrogens is 469 g/mol. The molecule has 3 heterocycles. The fourth-order valence-electron chi connectivity index (χ4n) is 3.71. The normalized spacial score (nSPS) is 14.9. The average Bonchev–Trinajstić information content (AvgIpc) is 3.05. The Balaban J connectivity index is 1.74. The number of primary amides is 1. The number of hydrogen-bond donors (Lipinski definition) is 1. The summed E-state index contributed by atoms with van der Waals surface area (Å²) < 4.78 is 67.4. The molecule has 0 bridgehead atoms. The van der Waals surface area contributed by atoms with E-state index in [9.17, 15) is 26.4 Å². The Morgan fingerprint density at radius 1 is 1.12 bits per heavy atom. The molecule has 0 atom stereocenters. The van der Waals surface area contributed by atoms with Crippen LogP contribution >= 0.6 is 11.6 Å². The maximum absolute atomic E-state index is 13.1. The lowest BCUT2D eigenvalue weighted by Crippen LogP contribution is -2.39. The third kappa shape index (κ3) is 3.76. The van der Waals surface area contributed by atoms with Gasteiger partial charge in [-0.25, -0.2) is 8.42 Å². The van der Waals surface area contributed by atoms with Crippen molar-refractivity contribution in [2.45, 2.75) is 24.2 Å². The topological polar surface area (TPSA) is 98.3 Å².